The molecule has 1 heterocycles. The van der Waals surface area contributed by atoms with Gasteiger partial charge in [-0.2, -0.15) is 0 Å². The molecule has 1 atom stereocenters. The van der Waals surface area contributed by atoms with E-state index in [0.717, 1.165) is 5.02 Å². The van der Waals surface area contributed by atoms with E-state index in [9.17, 15) is 0 Å². The van der Waals surface area contributed by atoms with E-state index >= 15 is 0 Å². The summed E-state index contributed by atoms with van der Waals surface area (Å²) in [4.78, 5) is 0. The van der Waals surface area contributed by atoms with Gasteiger partial charge in [0, 0.05) is 10.6 Å². The van der Waals surface area contributed by atoms with Gasteiger partial charge in [0.1, 0.15) is 0 Å². The van der Waals surface area contributed by atoms with Crippen molar-refractivity contribution in [3.05, 3.63) is 57.1 Å². The molecule has 0 bridgehead atoms. The maximum absolute atomic E-state index is 5.96. The molecule has 0 spiro atoms. The van der Waals surface area contributed by atoms with Crippen molar-refractivity contribution in [2.24, 2.45) is 4.76 Å². The van der Waals surface area contributed by atoms with Crippen LogP contribution in [0.3, 0.4) is 0 Å². The van der Waals surface area contributed by atoms with Crippen molar-refractivity contribution in [1.29, 1.82) is 0 Å². The van der Waals surface area contributed by atoms with Gasteiger partial charge >= 0.3 is 0 Å². The lowest BCUT2D eigenvalue weighted by molar-refractivity contribution is 0.866. The Bertz CT molecular complexity index is 655. The minimum Gasteiger partial charge on any atom is -0.251 e. The van der Waals surface area contributed by atoms with E-state index in [0.29, 0.717) is 0 Å². The highest BCUT2D eigenvalue weighted by molar-refractivity contribution is 7.84. The van der Waals surface area contributed by atoms with Gasteiger partial charge in [0.2, 0.25) is 0 Å². The first kappa shape index (κ1) is 14.0. The number of benzene rings is 1. The molecule has 20 heavy (non-hydrogen) atoms. The Morgan fingerprint density at radius 2 is 1.45 bits per heavy atom. The predicted molar refractivity (Wildman–Crippen MR) is 90.1 cm³/mol. The number of hydrogen-bond donors (Lipinski definition) is 0. The van der Waals surface area contributed by atoms with Crippen molar-refractivity contribution in [1.82, 2.24) is 0 Å². The van der Waals surface area contributed by atoms with Crippen LogP contribution in [0.15, 0.2) is 51.3 Å². The quantitative estimate of drug-likeness (QED) is 0.599. The van der Waals surface area contributed by atoms with Crippen LogP contribution >= 0.6 is 19.7 Å². The van der Waals surface area contributed by atoms with Crippen LogP contribution in [-0.4, -0.2) is 10.6 Å². The molecule has 1 aromatic carbocycles. The second kappa shape index (κ2) is 4.55. The van der Waals surface area contributed by atoms with Gasteiger partial charge in [0.05, 0.1) is 18.7 Å². The summed E-state index contributed by atoms with van der Waals surface area (Å²) in [6.45, 7) is 11.4. The van der Waals surface area contributed by atoms with Crippen LogP contribution < -0.4 is 0 Å². The van der Waals surface area contributed by atoms with Gasteiger partial charge in [-0.1, -0.05) is 34.9 Å². The van der Waals surface area contributed by atoms with Gasteiger partial charge in [-0.25, -0.2) is 0 Å². The molecule has 0 N–H and O–H groups in total. The largest absolute Gasteiger partial charge is 0.251 e. The fraction of sp³-hybridized carbons (Fsp3) is 0.353. The van der Waals surface area contributed by atoms with Crippen LogP contribution in [0.25, 0.3) is 0 Å². The maximum Gasteiger partial charge on any atom is 0.0937 e. The third-order valence-corrected chi connectivity index (χ3v) is 7.77. The van der Waals surface area contributed by atoms with Gasteiger partial charge in [0.15, 0.2) is 0 Å². The molecule has 1 aromatic rings. The van der Waals surface area contributed by atoms with Gasteiger partial charge in [-0.05, 0) is 57.9 Å². The first-order valence-electron chi connectivity index (χ1n) is 6.88. The molecule has 1 unspecified atom stereocenters. The first-order chi connectivity index (χ1) is 9.37. The Morgan fingerprint density at radius 3 is 1.95 bits per heavy atom. The van der Waals surface area contributed by atoms with E-state index in [-0.39, 0.29) is 5.16 Å². The summed E-state index contributed by atoms with van der Waals surface area (Å²) in [6.07, 6.45) is 0. The summed E-state index contributed by atoms with van der Waals surface area (Å²) in [5, 5.41) is 0.906. The van der Waals surface area contributed by atoms with Gasteiger partial charge < -0.3 is 0 Å². The fourth-order valence-corrected chi connectivity index (χ4v) is 5.56. The lowest BCUT2D eigenvalue weighted by Crippen LogP contribution is -2.21. The predicted octanol–water partition coefficient (Wildman–Crippen LogP) is 5.94. The number of allylic oxidation sites excluding steroid dienone is 4. The SMILES string of the molecule is CC1=C(C)C(C)(P2N=C2c2ccc(Cl)cc2)C(C)=C1C. The molecule has 104 valence electrons. The highest BCUT2D eigenvalue weighted by Crippen LogP contribution is 2.72. The summed E-state index contributed by atoms with van der Waals surface area (Å²) in [5.74, 6) is 0. The maximum atomic E-state index is 5.96. The van der Waals surface area contributed by atoms with E-state index in [1.54, 1.807) is 0 Å². The Kier molecular flexibility index (Phi) is 3.19. The van der Waals surface area contributed by atoms with E-state index < -0.39 is 8.07 Å². The monoisotopic (exact) mass is 303 g/mol. The van der Waals surface area contributed by atoms with Crippen molar-refractivity contribution in [2.75, 3.05) is 0 Å². The molecule has 0 aromatic heterocycles. The van der Waals surface area contributed by atoms with Crippen LogP contribution in [-0.2, 0) is 0 Å². The molecule has 0 fully saturated rings. The average Bonchev–Trinajstić information content (AvgIpc) is 3.22. The number of rotatable bonds is 2. The van der Waals surface area contributed by atoms with E-state index in [4.69, 9.17) is 16.4 Å². The normalized spacial score (nSPS) is 24.3. The highest BCUT2D eigenvalue weighted by atomic mass is 35.5. The van der Waals surface area contributed by atoms with E-state index in [1.165, 1.54) is 33.3 Å². The number of halogens is 1. The van der Waals surface area contributed by atoms with Crippen molar-refractivity contribution in [3.8, 4) is 0 Å². The second-order valence-electron chi connectivity index (χ2n) is 5.81. The number of hydrogen-bond acceptors (Lipinski definition) is 1. The van der Waals surface area contributed by atoms with Gasteiger partial charge in [-0.3, -0.25) is 4.76 Å². The van der Waals surface area contributed by atoms with Crippen LogP contribution in [0.5, 0.6) is 0 Å². The second-order valence-corrected chi connectivity index (χ2v) is 8.39. The lowest BCUT2D eigenvalue weighted by atomic mass is 9.98. The molecule has 1 aliphatic heterocycles. The van der Waals surface area contributed by atoms with Crippen molar-refractivity contribution < 1.29 is 0 Å². The Labute approximate surface area is 127 Å². The zero-order chi connectivity index (χ0) is 14.7. The van der Waals surface area contributed by atoms with Gasteiger partial charge in [0.25, 0.3) is 0 Å². The first-order valence-corrected chi connectivity index (χ1v) is 8.55. The molecule has 1 aliphatic carbocycles. The lowest BCUT2D eigenvalue weighted by Gasteiger charge is -2.28. The van der Waals surface area contributed by atoms with Crippen LogP contribution in [0, 0.1) is 0 Å². The molecule has 0 amide bonds. The Morgan fingerprint density at radius 1 is 0.950 bits per heavy atom. The Balaban J connectivity index is 1.93. The molecule has 3 rings (SSSR count). The summed E-state index contributed by atoms with van der Waals surface area (Å²) < 4.78 is 4.85. The Hall–Kier alpha value is -0.910. The van der Waals surface area contributed by atoms with E-state index in [1.807, 2.05) is 12.1 Å². The van der Waals surface area contributed by atoms with Crippen molar-refractivity contribution in [2.45, 2.75) is 39.8 Å². The van der Waals surface area contributed by atoms with Crippen LogP contribution in [0.2, 0.25) is 5.02 Å². The minimum atomic E-state index is -0.432. The average molecular weight is 304 g/mol. The highest BCUT2D eigenvalue weighted by Gasteiger charge is 2.51. The summed E-state index contributed by atoms with van der Waals surface area (Å²) in [6, 6.07) is 8.06. The number of nitrogens with zero attached hydrogens (tertiary/aromatic N) is 1. The molecule has 2 aliphatic rings. The zero-order valence-electron chi connectivity index (χ0n) is 12.6. The van der Waals surface area contributed by atoms with Crippen LogP contribution in [0.4, 0.5) is 0 Å². The van der Waals surface area contributed by atoms with E-state index in [2.05, 4.69) is 46.8 Å². The molecule has 3 heteroatoms. The molecular weight excluding hydrogens is 285 g/mol. The molecule has 0 saturated carbocycles. The van der Waals surface area contributed by atoms with Crippen molar-refractivity contribution >= 4 is 25.1 Å². The standard InChI is InChI=1S/C17H19ClNP/c1-10-11(2)13(4)17(5,12(10)3)20-16(19-20)14-6-8-15(18)9-7-14/h6-9H,1-5H3. The molecule has 1 nitrogen and oxygen atoms in total. The fourth-order valence-electron chi connectivity index (χ4n) is 3.05. The molecule has 0 saturated heterocycles. The minimum absolute atomic E-state index is 0.123. The third-order valence-electron chi connectivity index (χ3n) is 5.03. The van der Waals surface area contributed by atoms with Crippen molar-refractivity contribution in [3.63, 3.8) is 0 Å². The summed E-state index contributed by atoms with van der Waals surface area (Å²) in [7, 11) is -0.432. The topological polar surface area (TPSA) is 12.4 Å². The molecule has 0 radical (unpaired) electrons. The zero-order valence-corrected chi connectivity index (χ0v) is 14.2. The molecular formula is C17H19ClNP. The van der Waals surface area contributed by atoms with Gasteiger partial charge in [-0.15, -0.1) is 0 Å². The third kappa shape index (κ3) is 1.84. The summed E-state index contributed by atoms with van der Waals surface area (Å²) in [5.41, 5.74) is 8.39. The smallest absolute Gasteiger partial charge is 0.0937 e. The summed E-state index contributed by atoms with van der Waals surface area (Å²) >= 11 is 5.96. The van der Waals surface area contributed by atoms with Crippen LogP contribution in [0.1, 0.15) is 40.2 Å².